The SMILES string of the molecule is CCCNC(=O)[C@@H]1[C@@H]2CCC3(S2)C(C(=O)Nc2ccc4ccccc4c2)N([C@@H](CO)[C@@H](C)CC)C(=O)[C@H]13. The summed E-state index contributed by atoms with van der Waals surface area (Å²) in [7, 11) is 0. The van der Waals surface area contributed by atoms with Crippen molar-refractivity contribution in [3.05, 3.63) is 42.5 Å². The van der Waals surface area contributed by atoms with E-state index in [2.05, 4.69) is 10.6 Å². The molecule has 198 valence electrons. The molecule has 7 atom stereocenters. The number of benzene rings is 2. The van der Waals surface area contributed by atoms with E-state index in [1.165, 1.54) is 0 Å². The van der Waals surface area contributed by atoms with Gasteiger partial charge in [-0.15, -0.1) is 11.8 Å². The van der Waals surface area contributed by atoms with E-state index in [9.17, 15) is 19.5 Å². The fourth-order valence-corrected chi connectivity index (χ4v) is 8.91. The number of carbonyl (C=O) groups is 3. The summed E-state index contributed by atoms with van der Waals surface area (Å²) in [5.41, 5.74) is 0.676. The number of nitrogens with one attached hydrogen (secondary N) is 2. The van der Waals surface area contributed by atoms with Crippen LogP contribution in [0.3, 0.4) is 0 Å². The second-order valence-corrected chi connectivity index (χ2v) is 12.4. The van der Waals surface area contributed by atoms with Crippen LogP contribution in [0.25, 0.3) is 10.8 Å². The van der Waals surface area contributed by atoms with Gasteiger partial charge in [-0.25, -0.2) is 0 Å². The van der Waals surface area contributed by atoms with Crippen LogP contribution in [-0.2, 0) is 14.4 Å². The Kier molecular flexibility index (Phi) is 7.24. The monoisotopic (exact) mass is 523 g/mol. The minimum atomic E-state index is -0.749. The lowest BCUT2D eigenvalue weighted by molar-refractivity contribution is -0.143. The Morgan fingerprint density at radius 2 is 1.92 bits per heavy atom. The van der Waals surface area contributed by atoms with Crippen LogP contribution in [0.2, 0.25) is 0 Å². The molecule has 0 saturated carbocycles. The second kappa shape index (κ2) is 10.3. The standard InChI is InChI=1S/C29H37N3O4S/c1-4-14-30-26(34)23-22-12-13-29(37-22)24(23)28(36)32(21(16-33)17(3)5-2)25(29)27(35)31-20-11-10-18-8-6-7-9-19(18)15-20/h6-11,15,17,21-25,33H,4-5,12-14,16H2,1-3H3,(H,30,34)(H,31,35)/t17-,21-,22-,23+,24-,25?,29?/m0/s1. The van der Waals surface area contributed by atoms with Gasteiger partial charge in [-0.2, -0.15) is 0 Å². The summed E-state index contributed by atoms with van der Waals surface area (Å²) in [6.45, 7) is 6.39. The lowest BCUT2D eigenvalue weighted by Crippen LogP contribution is -2.56. The molecule has 0 aromatic heterocycles. The third-order valence-corrected chi connectivity index (χ3v) is 10.7. The summed E-state index contributed by atoms with van der Waals surface area (Å²) < 4.78 is -0.669. The zero-order chi connectivity index (χ0) is 26.3. The Bertz CT molecular complexity index is 1200. The Morgan fingerprint density at radius 1 is 1.16 bits per heavy atom. The molecule has 3 N–H and O–H groups in total. The van der Waals surface area contributed by atoms with Gasteiger partial charge >= 0.3 is 0 Å². The van der Waals surface area contributed by atoms with E-state index in [0.29, 0.717) is 18.7 Å². The molecule has 8 heteroatoms. The lowest BCUT2D eigenvalue weighted by atomic mass is 9.70. The van der Waals surface area contributed by atoms with Crippen LogP contribution in [0.15, 0.2) is 42.5 Å². The fraction of sp³-hybridized carbons (Fsp3) is 0.552. The molecular weight excluding hydrogens is 486 g/mol. The van der Waals surface area contributed by atoms with Crippen LogP contribution in [0.1, 0.15) is 46.5 Å². The van der Waals surface area contributed by atoms with Gasteiger partial charge in [0.15, 0.2) is 0 Å². The molecule has 0 aliphatic carbocycles. The molecule has 37 heavy (non-hydrogen) atoms. The summed E-state index contributed by atoms with van der Waals surface area (Å²) in [5.74, 6) is -1.48. The molecule has 2 aromatic rings. The van der Waals surface area contributed by atoms with Crippen molar-refractivity contribution in [1.29, 1.82) is 0 Å². The van der Waals surface area contributed by atoms with Crippen molar-refractivity contribution in [3.8, 4) is 0 Å². The molecule has 2 bridgehead atoms. The molecule has 3 amide bonds. The normalized spacial score (nSPS) is 29.8. The Hall–Kier alpha value is -2.58. The number of anilines is 1. The predicted molar refractivity (Wildman–Crippen MR) is 147 cm³/mol. The van der Waals surface area contributed by atoms with E-state index < -0.39 is 28.7 Å². The van der Waals surface area contributed by atoms with Crippen molar-refractivity contribution in [2.24, 2.45) is 17.8 Å². The van der Waals surface area contributed by atoms with E-state index in [4.69, 9.17) is 0 Å². The first-order valence-corrected chi connectivity index (χ1v) is 14.4. The van der Waals surface area contributed by atoms with Gasteiger partial charge in [-0.05, 0) is 48.1 Å². The number of carbonyl (C=O) groups excluding carboxylic acids is 3. The number of hydrogen-bond acceptors (Lipinski definition) is 5. The number of nitrogens with zero attached hydrogens (tertiary/aromatic N) is 1. The van der Waals surface area contributed by atoms with Gasteiger partial charge in [0.2, 0.25) is 17.7 Å². The third-order valence-electron chi connectivity index (χ3n) is 8.70. The molecule has 3 saturated heterocycles. The highest BCUT2D eigenvalue weighted by Gasteiger charge is 2.74. The smallest absolute Gasteiger partial charge is 0.248 e. The van der Waals surface area contributed by atoms with Crippen LogP contribution in [0, 0.1) is 17.8 Å². The summed E-state index contributed by atoms with van der Waals surface area (Å²) in [4.78, 5) is 43.2. The molecule has 2 aromatic carbocycles. The summed E-state index contributed by atoms with van der Waals surface area (Å²) >= 11 is 1.66. The summed E-state index contributed by atoms with van der Waals surface area (Å²) in [5, 5.41) is 18.7. The van der Waals surface area contributed by atoms with Crippen molar-refractivity contribution in [3.63, 3.8) is 0 Å². The van der Waals surface area contributed by atoms with Gasteiger partial charge in [-0.3, -0.25) is 14.4 Å². The van der Waals surface area contributed by atoms with E-state index in [1.54, 1.807) is 16.7 Å². The number of aliphatic hydroxyl groups is 1. The highest BCUT2D eigenvalue weighted by molar-refractivity contribution is 8.02. The number of fused-ring (bicyclic) bond motifs is 2. The molecule has 7 nitrogen and oxygen atoms in total. The van der Waals surface area contributed by atoms with Gasteiger partial charge in [0.05, 0.1) is 29.2 Å². The van der Waals surface area contributed by atoms with E-state index in [0.717, 1.165) is 30.0 Å². The maximum absolute atomic E-state index is 14.2. The first-order valence-electron chi connectivity index (χ1n) is 13.5. The number of thioether (sulfide) groups is 1. The predicted octanol–water partition coefficient (Wildman–Crippen LogP) is 3.80. The summed E-state index contributed by atoms with van der Waals surface area (Å²) in [6, 6.07) is 12.5. The highest BCUT2D eigenvalue weighted by Crippen LogP contribution is 2.66. The van der Waals surface area contributed by atoms with Crippen molar-refractivity contribution in [2.45, 2.75) is 68.5 Å². The Balaban J connectivity index is 1.53. The minimum absolute atomic E-state index is 0.00899. The topological polar surface area (TPSA) is 98.7 Å². The number of hydrogen-bond donors (Lipinski definition) is 3. The number of rotatable bonds is 9. The molecule has 5 rings (SSSR count). The van der Waals surface area contributed by atoms with Crippen molar-refractivity contribution in [2.75, 3.05) is 18.5 Å². The summed E-state index contributed by atoms with van der Waals surface area (Å²) in [6.07, 6.45) is 3.10. The molecule has 1 spiro atoms. The largest absolute Gasteiger partial charge is 0.394 e. The molecule has 2 unspecified atom stereocenters. The first kappa shape index (κ1) is 26.0. The van der Waals surface area contributed by atoms with Crippen LogP contribution < -0.4 is 10.6 Å². The number of amides is 3. The van der Waals surface area contributed by atoms with Gasteiger partial charge < -0.3 is 20.6 Å². The van der Waals surface area contributed by atoms with Crippen molar-refractivity contribution in [1.82, 2.24) is 10.2 Å². The van der Waals surface area contributed by atoms with Crippen LogP contribution in [0.4, 0.5) is 5.69 Å². The van der Waals surface area contributed by atoms with Gasteiger partial charge in [-0.1, -0.05) is 57.5 Å². The van der Waals surface area contributed by atoms with Crippen LogP contribution in [-0.4, -0.2) is 63.0 Å². The van der Waals surface area contributed by atoms with Crippen LogP contribution >= 0.6 is 11.8 Å². The van der Waals surface area contributed by atoms with Gasteiger partial charge in [0.25, 0.3) is 0 Å². The van der Waals surface area contributed by atoms with E-state index >= 15 is 0 Å². The molecule has 3 aliphatic heterocycles. The zero-order valence-electron chi connectivity index (χ0n) is 21.8. The number of aliphatic hydroxyl groups excluding tert-OH is 1. The van der Waals surface area contributed by atoms with Gasteiger partial charge in [0, 0.05) is 17.5 Å². The Labute approximate surface area is 222 Å². The first-order chi connectivity index (χ1) is 17.9. The quantitative estimate of drug-likeness (QED) is 0.464. The van der Waals surface area contributed by atoms with Gasteiger partial charge in [0.1, 0.15) is 6.04 Å². The van der Waals surface area contributed by atoms with Crippen molar-refractivity contribution < 1.29 is 19.5 Å². The maximum atomic E-state index is 14.2. The maximum Gasteiger partial charge on any atom is 0.248 e. The van der Waals surface area contributed by atoms with Crippen LogP contribution in [0.5, 0.6) is 0 Å². The molecule has 3 fully saturated rings. The molecule has 3 heterocycles. The average molecular weight is 524 g/mol. The number of likely N-dealkylation sites (tertiary alicyclic amines) is 1. The third kappa shape index (κ3) is 4.22. The molecule has 0 radical (unpaired) electrons. The fourth-order valence-electron chi connectivity index (χ4n) is 6.71. The zero-order valence-corrected chi connectivity index (χ0v) is 22.6. The second-order valence-electron chi connectivity index (χ2n) is 10.8. The molecular formula is C29H37N3O4S. The lowest BCUT2D eigenvalue weighted by Gasteiger charge is -2.39. The highest BCUT2D eigenvalue weighted by atomic mass is 32.2. The average Bonchev–Trinajstić information content (AvgIpc) is 3.55. The van der Waals surface area contributed by atoms with E-state index in [1.807, 2.05) is 63.2 Å². The molecule has 3 aliphatic rings. The minimum Gasteiger partial charge on any atom is -0.394 e. The van der Waals surface area contributed by atoms with E-state index in [-0.39, 0.29) is 35.5 Å². The Morgan fingerprint density at radius 3 is 2.62 bits per heavy atom. The van der Waals surface area contributed by atoms with Crippen molar-refractivity contribution >= 4 is 45.9 Å².